The number of rotatable bonds is 5. The quantitative estimate of drug-likeness (QED) is 0.274. The molecule has 2 rings (SSSR count). The smallest absolute Gasteiger partial charge is 0.205 e. The molecule has 0 aromatic carbocycles. The average Bonchev–Trinajstić information content (AvgIpc) is 3.10. The Bertz CT molecular complexity index is 241. The molecule has 2 aliphatic carbocycles. The lowest BCUT2D eigenvalue weighted by Gasteiger charge is -2.13. The summed E-state index contributed by atoms with van der Waals surface area (Å²) < 4.78 is 0. The first-order valence-corrected chi connectivity index (χ1v) is 6.06. The molecule has 86 valence electrons. The van der Waals surface area contributed by atoms with E-state index in [1.54, 1.807) is 0 Å². The van der Waals surface area contributed by atoms with Crippen molar-refractivity contribution in [1.82, 2.24) is 10.7 Å². The van der Waals surface area contributed by atoms with Gasteiger partial charge in [0.2, 0.25) is 5.96 Å². The lowest BCUT2D eigenvalue weighted by Crippen LogP contribution is -2.42. The Hall–Kier alpha value is -0.770. The molecule has 0 bridgehead atoms. The summed E-state index contributed by atoms with van der Waals surface area (Å²) in [4.78, 5) is 4.54. The molecule has 0 radical (unpaired) electrons. The third kappa shape index (κ3) is 2.62. The van der Waals surface area contributed by atoms with E-state index in [0.29, 0.717) is 5.41 Å². The SMILES string of the molecule is CCCNC(=NCC1(C2CC2)CC1)NN. The summed E-state index contributed by atoms with van der Waals surface area (Å²) in [6, 6.07) is 0. The van der Waals surface area contributed by atoms with Crippen molar-refractivity contribution in [3.8, 4) is 0 Å². The zero-order chi connectivity index (χ0) is 10.7. The number of nitrogens with zero attached hydrogens (tertiary/aromatic N) is 1. The number of nitrogens with one attached hydrogen (secondary N) is 2. The Balaban J connectivity index is 1.79. The fourth-order valence-corrected chi connectivity index (χ4v) is 2.18. The van der Waals surface area contributed by atoms with Crippen molar-refractivity contribution in [2.75, 3.05) is 13.1 Å². The van der Waals surface area contributed by atoms with Crippen LogP contribution in [0.1, 0.15) is 39.0 Å². The van der Waals surface area contributed by atoms with E-state index in [2.05, 4.69) is 22.7 Å². The Labute approximate surface area is 91.7 Å². The van der Waals surface area contributed by atoms with E-state index in [1.165, 1.54) is 25.7 Å². The van der Waals surface area contributed by atoms with Crippen LogP contribution in [0.3, 0.4) is 0 Å². The van der Waals surface area contributed by atoms with Crippen LogP contribution in [0.2, 0.25) is 0 Å². The van der Waals surface area contributed by atoms with Crippen LogP contribution in [0, 0.1) is 11.3 Å². The molecule has 0 spiro atoms. The normalized spacial score (nSPS) is 23.7. The fourth-order valence-electron chi connectivity index (χ4n) is 2.18. The van der Waals surface area contributed by atoms with Crippen LogP contribution >= 0.6 is 0 Å². The van der Waals surface area contributed by atoms with Gasteiger partial charge in [0.05, 0.1) is 0 Å². The molecule has 4 heteroatoms. The van der Waals surface area contributed by atoms with Crippen LogP contribution in [-0.4, -0.2) is 19.0 Å². The Morgan fingerprint density at radius 3 is 2.67 bits per heavy atom. The van der Waals surface area contributed by atoms with E-state index in [9.17, 15) is 0 Å². The molecule has 0 atom stereocenters. The van der Waals surface area contributed by atoms with Gasteiger partial charge in [-0.25, -0.2) is 5.84 Å². The largest absolute Gasteiger partial charge is 0.355 e. The Kier molecular flexibility index (Phi) is 3.14. The predicted molar refractivity (Wildman–Crippen MR) is 62.3 cm³/mol. The topological polar surface area (TPSA) is 62.4 Å². The predicted octanol–water partition coefficient (Wildman–Crippen LogP) is 0.995. The second kappa shape index (κ2) is 4.39. The van der Waals surface area contributed by atoms with Crippen LogP contribution in [0.4, 0.5) is 0 Å². The minimum atomic E-state index is 0.565. The molecule has 0 unspecified atom stereocenters. The first-order valence-electron chi connectivity index (χ1n) is 6.06. The molecule has 15 heavy (non-hydrogen) atoms. The summed E-state index contributed by atoms with van der Waals surface area (Å²) in [6.45, 7) is 4.01. The van der Waals surface area contributed by atoms with E-state index < -0.39 is 0 Å². The monoisotopic (exact) mass is 210 g/mol. The van der Waals surface area contributed by atoms with Crippen molar-refractivity contribution in [3.63, 3.8) is 0 Å². The highest BCUT2D eigenvalue weighted by atomic mass is 15.3. The molecule has 4 nitrogen and oxygen atoms in total. The van der Waals surface area contributed by atoms with Crippen molar-refractivity contribution in [3.05, 3.63) is 0 Å². The zero-order valence-corrected chi connectivity index (χ0v) is 9.55. The second-order valence-corrected chi connectivity index (χ2v) is 4.87. The van der Waals surface area contributed by atoms with Gasteiger partial charge < -0.3 is 5.32 Å². The number of guanidine groups is 1. The van der Waals surface area contributed by atoms with Crippen LogP contribution in [-0.2, 0) is 0 Å². The number of hydrazine groups is 1. The summed E-state index contributed by atoms with van der Waals surface area (Å²) in [6.07, 6.45) is 6.67. The van der Waals surface area contributed by atoms with Crippen molar-refractivity contribution in [2.45, 2.75) is 39.0 Å². The van der Waals surface area contributed by atoms with Crippen LogP contribution < -0.4 is 16.6 Å². The van der Waals surface area contributed by atoms with Gasteiger partial charge in [0.15, 0.2) is 0 Å². The first-order chi connectivity index (χ1) is 7.30. The van der Waals surface area contributed by atoms with E-state index >= 15 is 0 Å². The van der Waals surface area contributed by atoms with Crippen LogP contribution in [0.5, 0.6) is 0 Å². The van der Waals surface area contributed by atoms with E-state index in [1.807, 2.05) is 0 Å². The number of nitrogens with two attached hydrogens (primary N) is 1. The maximum atomic E-state index is 5.41. The lowest BCUT2D eigenvalue weighted by atomic mass is 10.0. The van der Waals surface area contributed by atoms with Gasteiger partial charge >= 0.3 is 0 Å². The third-order valence-corrected chi connectivity index (χ3v) is 3.57. The minimum absolute atomic E-state index is 0.565. The highest BCUT2D eigenvalue weighted by Crippen LogP contribution is 2.61. The van der Waals surface area contributed by atoms with Crippen LogP contribution in [0.15, 0.2) is 4.99 Å². The zero-order valence-electron chi connectivity index (χ0n) is 9.55. The fraction of sp³-hybridized carbons (Fsp3) is 0.909. The molecule has 4 N–H and O–H groups in total. The molecule has 0 aromatic heterocycles. The summed E-state index contributed by atoms with van der Waals surface area (Å²) in [7, 11) is 0. The molecule has 0 heterocycles. The van der Waals surface area contributed by atoms with Gasteiger partial charge in [-0.2, -0.15) is 0 Å². The molecule has 2 aliphatic rings. The van der Waals surface area contributed by atoms with Gasteiger partial charge in [-0.05, 0) is 43.4 Å². The van der Waals surface area contributed by atoms with E-state index in [4.69, 9.17) is 5.84 Å². The molecule has 2 saturated carbocycles. The molecule has 0 saturated heterocycles. The Morgan fingerprint density at radius 1 is 1.47 bits per heavy atom. The maximum absolute atomic E-state index is 5.41. The van der Waals surface area contributed by atoms with Gasteiger partial charge in [-0.3, -0.25) is 10.4 Å². The number of hydrogen-bond donors (Lipinski definition) is 3. The minimum Gasteiger partial charge on any atom is -0.355 e. The second-order valence-electron chi connectivity index (χ2n) is 4.87. The number of aliphatic imine (C=N–C) groups is 1. The Morgan fingerprint density at radius 2 is 2.20 bits per heavy atom. The van der Waals surface area contributed by atoms with Crippen molar-refractivity contribution >= 4 is 5.96 Å². The maximum Gasteiger partial charge on any atom is 0.205 e. The van der Waals surface area contributed by atoms with E-state index in [0.717, 1.165) is 31.4 Å². The summed E-state index contributed by atoms with van der Waals surface area (Å²) in [5.41, 5.74) is 3.20. The molecule has 0 aromatic rings. The highest BCUT2D eigenvalue weighted by Gasteiger charge is 2.53. The molecular formula is C11H22N4. The highest BCUT2D eigenvalue weighted by molar-refractivity contribution is 5.79. The van der Waals surface area contributed by atoms with Crippen molar-refractivity contribution < 1.29 is 0 Å². The van der Waals surface area contributed by atoms with Crippen molar-refractivity contribution in [1.29, 1.82) is 0 Å². The van der Waals surface area contributed by atoms with Gasteiger partial charge in [0, 0.05) is 13.1 Å². The molecule has 0 aliphatic heterocycles. The molecule has 2 fully saturated rings. The standard InChI is InChI=1S/C11H22N4/c1-2-7-13-10(15-12)14-8-11(5-6-11)9-3-4-9/h9H,2-8,12H2,1H3,(H2,13,14,15). The van der Waals surface area contributed by atoms with Gasteiger partial charge in [-0.15, -0.1) is 0 Å². The van der Waals surface area contributed by atoms with E-state index in [-0.39, 0.29) is 0 Å². The third-order valence-electron chi connectivity index (χ3n) is 3.57. The van der Waals surface area contributed by atoms with Gasteiger partial charge in [-0.1, -0.05) is 6.92 Å². The number of hydrogen-bond acceptors (Lipinski definition) is 2. The summed E-state index contributed by atoms with van der Waals surface area (Å²) in [5, 5.41) is 3.19. The first kappa shape index (κ1) is 10.7. The summed E-state index contributed by atoms with van der Waals surface area (Å²) >= 11 is 0. The molecule has 0 amide bonds. The van der Waals surface area contributed by atoms with Crippen molar-refractivity contribution in [2.24, 2.45) is 22.2 Å². The average molecular weight is 210 g/mol. The van der Waals surface area contributed by atoms with Crippen LogP contribution in [0.25, 0.3) is 0 Å². The van der Waals surface area contributed by atoms with Gasteiger partial charge in [0.25, 0.3) is 0 Å². The molecular weight excluding hydrogens is 188 g/mol. The lowest BCUT2D eigenvalue weighted by molar-refractivity contribution is 0.452. The summed E-state index contributed by atoms with van der Waals surface area (Å²) in [5.74, 6) is 7.13. The van der Waals surface area contributed by atoms with Gasteiger partial charge in [0.1, 0.15) is 0 Å².